The maximum absolute atomic E-state index is 6.50. The lowest BCUT2D eigenvalue weighted by Gasteiger charge is -2.07. The van der Waals surface area contributed by atoms with E-state index in [1.54, 1.807) is 6.26 Å². The lowest BCUT2D eigenvalue weighted by Crippen LogP contribution is -2.21. The molecule has 24 heavy (non-hydrogen) atoms. The normalized spacial score (nSPS) is 12.2. The summed E-state index contributed by atoms with van der Waals surface area (Å²) in [5.74, 6) is 1.35. The molecule has 0 fully saturated rings. The molecule has 0 unspecified atom stereocenters. The van der Waals surface area contributed by atoms with Gasteiger partial charge in [0.1, 0.15) is 17.2 Å². The molecule has 130 valence electrons. The summed E-state index contributed by atoms with van der Waals surface area (Å²) in [6.07, 6.45) is 3.12. The highest BCUT2D eigenvalue weighted by Crippen LogP contribution is 2.33. The highest BCUT2D eigenvalue weighted by molar-refractivity contribution is 6.37. The zero-order valence-electron chi connectivity index (χ0n) is 13.0. The fourth-order valence-corrected chi connectivity index (χ4v) is 2.81. The van der Waals surface area contributed by atoms with E-state index in [1.165, 1.54) is 0 Å². The van der Waals surface area contributed by atoms with Gasteiger partial charge in [-0.2, -0.15) is 9.97 Å². The van der Waals surface area contributed by atoms with Crippen molar-refractivity contribution >= 4 is 52.5 Å². The summed E-state index contributed by atoms with van der Waals surface area (Å²) in [6.45, 7) is 2.51. The molecule has 4 N–H and O–H groups in total. The van der Waals surface area contributed by atoms with Crippen molar-refractivity contribution < 1.29 is 4.42 Å². The fourth-order valence-electron chi connectivity index (χ4n) is 2.34. The van der Waals surface area contributed by atoms with Gasteiger partial charge in [-0.1, -0.05) is 18.5 Å². The first-order chi connectivity index (χ1) is 11.1. The second kappa shape index (κ2) is 8.07. The number of nitrogens with zero attached hydrogens (tertiary/aromatic N) is 2. The van der Waals surface area contributed by atoms with E-state index in [2.05, 4.69) is 20.3 Å². The van der Waals surface area contributed by atoms with Crippen molar-refractivity contribution in [2.24, 2.45) is 5.73 Å². The third kappa shape index (κ3) is 3.95. The van der Waals surface area contributed by atoms with Crippen molar-refractivity contribution in [2.45, 2.75) is 32.4 Å². The number of hydrogen-bond donors (Lipinski definition) is 3. The Hall–Kier alpha value is -1.47. The lowest BCUT2D eigenvalue weighted by atomic mass is 10.1. The maximum atomic E-state index is 6.50. The van der Waals surface area contributed by atoms with Crippen LogP contribution in [0.5, 0.6) is 0 Å². The first-order valence-electron chi connectivity index (χ1n) is 7.34. The van der Waals surface area contributed by atoms with Gasteiger partial charge in [0.15, 0.2) is 0 Å². The predicted octanol–water partition coefficient (Wildman–Crippen LogP) is 4.17. The SMILES string of the molecule is CC[C@H](N)Cc1[nH]c2nc(Cl)nc(NCc3ccco3)c2c1Cl.Cl. The van der Waals surface area contributed by atoms with Crippen molar-refractivity contribution in [3.05, 3.63) is 40.2 Å². The number of aromatic amines is 1. The van der Waals surface area contributed by atoms with Crippen LogP contribution in [0.3, 0.4) is 0 Å². The van der Waals surface area contributed by atoms with E-state index in [0.29, 0.717) is 34.8 Å². The lowest BCUT2D eigenvalue weighted by molar-refractivity contribution is 0.518. The largest absolute Gasteiger partial charge is 0.467 e. The monoisotopic (exact) mass is 389 g/mol. The Morgan fingerprint density at radius 3 is 2.83 bits per heavy atom. The van der Waals surface area contributed by atoms with Crippen LogP contribution in [0.4, 0.5) is 5.82 Å². The van der Waals surface area contributed by atoms with Crippen LogP contribution in [-0.2, 0) is 13.0 Å². The summed E-state index contributed by atoms with van der Waals surface area (Å²) in [7, 11) is 0. The van der Waals surface area contributed by atoms with E-state index in [0.717, 1.165) is 17.9 Å². The number of fused-ring (bicyclic) bond motifs is 1. The Morgan fingerprint density at radius 1 is 1.38 bits per heavy atom. The zero-order valence-corrected chi connectivity index (χ0v) is 15.3. The molecule has 9 heteroatoms. The molecule has 0 aliphatic heterocycles. The zero-order chi connectivity index (χ0) is 16.4. The number of hydrogen-bond acceptors (Lipinski definition) is 5. The molecule has 3 rings (SSSR count). The van der Waals surface area contributed by atoms with Gasteiger partial charge in [0.2, 0.25) is 5.28 Å². The second-order valence-corrected chi connectivity index (χ2v) is 6.00. The summed E-state index contributed by atoms with van der Waals surface area (Å²) in [4.78, 5) is 11.6. The molecule has 6 nitrogen and oxygen atoms in total. The fraction of sp³-hybridized carbons (Fsp3) is 0.333. The van der Waals surface area contributed by atoms with Gasteiger partial charge in [-0.3, -0.25) is 0 Å². The molecule has 0 radical (unpaired) electrons. The third-order valence-corrected chi connectivity index (χ3v) is 4.22. The molecule has 0 bridgehead atoms. The molecule has 0 aliphatic carbocycles. The van der Waals surface area contributed by atoms with Crippen LogP contribution in [-0.4, -0.2) is 21.0 Å². The number of aromatic nitrogens is 3. The first kappa shape index (κ1) is 18.9. The van der Waals surface area contributed by atoms with Crippen LogP contribution in [0.15, 0.2) is 22.8 Å². The Labute approximate surface area is 155 Å². The Bertz CT molecular complexity index is 803. The number of H-pyrrole nitrogens is 1. The molecule has 3 aromatic heterocycles. The predicted molar refractivity (Wildman–Crippen MR) is 99.2 cm³/mol. The van der Waals surface area contributed by atoms with Gasteiger partial charge in [0.25, 0.3) is 0 Å². The molecule has 0 spiro atoms. The van der Waals surface area contributed by atoms with Crippen molar-refractivity contribution in [3.63, 3.8) is 0 Å². The standard InChI is InChI=1S/C15H17Cl2N5O.ClH/c1-2-8(18)6-10-12(16)11-13(19-7-9-4-3-5-23-9)21-15(17)22-14(11)20-10;/h3-5,8H,2,6-7,18H2,1H3,(H2,19,20,21,22);1H/t8-;/m0./s1. The summed E-state index contributed by atoms with van der Waals surface area (Å²) in [5.41, 5.74) is 7.45. The third-order valence-electron chi connectivity index (χ3n) is 3.64. The minimum atomic E-state index is 0. The van der Waals surface area contributed by atoms with Gasteiger partial charge < -0.3 is 20.5 Å². The van der Waals surface area contributed by atoms with Crippen molar-refractivity contribution in [2.75, 3.05) is 5.32 Å². The number of furan rings is 1. The second-order valence-electron chi connectivity index (χ2n) is 5.29. The summed E-state index contributed by atoms with van der Waals surface area (Å²) < 4.78 is 5.30. The van der Waals surface area contributed by atoms with E-state index in [-0.39, 0.29) is 23.7 Å². The Morgan fingerprint density at radius 2 is 2.17 bits per heavy atom. The summed E-state index contributed by atoms with van der Waals surface area (Å²) >= 11 is 12.5. The van der Waals surface area contributed by atoms with E-state index < -0.39 is 0 Å². The van der Waals surface area contributed by atoms with Crippen LogP contribution < -0.4 is 11.1 Å². The summed E-state index contributed by atoms with van der Waals surface area (Å²) in [5, 5.41) is 4.61. The number of nitrogens with two attached hydrogens (primary N) is 1. The molecule has 3 aromatic rings. The van der Waals surface area contributed by atoms with Crippen molar-refractivity contribution in [1.82, 2.24) is 15.0 Å². The maximum Gasteiger partial charge on any atom is 0.226 e. The molecule has 0 saturated heterocycles. The van der Waals surface area contributed by atoms with Gasteiger partial charge in [-0.15, -0.1) is 12.4 Å². The van der Waals surface area contributed by atoms with Gasteiger partial charge in [-0.05, 0) is 30.2 Å². The molecule has 3 heterocycles. The molecule has 0 amide bonds. The van der Waals surface area contributed by atoms with E-state index in [1.807, 2.05) is 19.1 Å². The Balaban J connectivity index is 0.00000208. The van der Waals surface area contributed by atoms with Gasteiger partial charge in [-0.25, -0.2) is 0 Å². The van der Waals surface area contributed by atoms with Crippen molar-refractivity contribution in [1.29, 1.82) is 0 Å². The van der Waals surface area contributed by atoms with E-state index in [4.69, 9.17) is 33.4 Å². The molecule has 0 aliphatic rings. The van der Waals surface area contributed by atoms with E-state index >= 15 is 0 Å². The highest BCUT2D eigenvalue weighted by Gasteiger charge is 2.18. The number of halogens is 3. The smallest absolute Gasteiger partial charge is 0.226 e. The van der Waals surface area contributed by atoms with Gasteiger partial charge in [0.05, 0.1) is 23.2 Å². The van der Waals surface area contributed by atoms with Crippen LogP contribution in [0.1, 0.15) is 24.8 Å². The van der Waals surface area contributed by atoms with Gasteiger partial charge >= 0.3 is 0 Å². The minimum absolute atomic E-state index is 0. The van der Waals surface area contributed by atoms with Gasteiger partial charge in [0, 0.05) is 18.2 Å². The highest BCUT2D eigenvalue weighted by atomic mass is 35.5. The van der Waals surface area contributed by atoms with Crippen LogP contribution in [0.2, 0.25) is 10.3 Å². The van der Waals surface area contributed by atoms with E-state index in [9.17, 15) is 0 Å². The van der Waals surface area contributed by atoms with Crippen LogP contribution >= 0.6 is 35.6 Å². The van der Waals surface area contributed by atoms with Crippen LogP contribution in [0, 0.1) is 0 Å². The number of anilines is 1. The molecular formula is C15H18Cl3N5O. The average Bonchev–Trinajstić information content (AvgIpc) is 3.14. The number of nitrogens with one attached hydrogen (secondary N) is 2. The topological polar surface area (TPSA) is 92.8 Å². The quantitative estimate of drug-likeness (QED) is 0.549. The summed E-state index contributed by atoms with van der Waals surface area (Å²) in [6, 6.07) is 3.73. The molecule has 0 saturated carbocycles. The Kier molecular flexibility index (Phi) is 6.34. The average molecular weight is 391 g/mol. The molecular weight excluding hydrogens is 373 g/mol. The van der Waals surface area contributed by atoms with Crippen molar-refractivity contribution in [3.8, 4) is 0 Å². The molecule has 1 atom stereocenters. The first-order valence-corrected chi connectivity index (χ1v) is 8.09. The number of rotatable bonds is 6. The molecule has 0 aromatic carbocycles. The van der Waals surface area contributed by atoms with Crippen LogP contribution in [0.25, 0.3) is 11.0 Å². The minimum Gasteiger partial charge on any atom is -0.467 e.